The summed E-state index contributed by atoms with van der Waals surface area (Å²) in [7, 11) is 0. The number of aromatic nitrogens is 5. The van der Waals surface area contributed by atoms with Crippen molar-refractivity contribution in [2.75, 3.05) is 19.6 Å². The molecule has 1 aliphatic heterocycles. The monoisotopic (exact) mass is 316 g/mol. The predicted molar refractivity (Wildman–Crippen MR) is 81.7 cm³/mol. The second kappa shape index (κ2) is 6.82. The van der Waals surface area contributed by atoms with E-state index in [2.05, 4.69) is 25.4 Å². The second-order valence-electron chi connectivity index (χ2n) is 5.87. The van der Waals surface area contributed by atoms with Gasteiger partial charge < -0.3 is 10.0 Å². The molecule has 2 aromatic heterocycles. The van der Waals surface area contributed by atoms with Crippen molar-refractivity contribution < 1.29 is 9.90 Å². The third kappa shape index (κ3) is 3.53. The molecule has 1 saturated heterocycles. The minimum Gasteiger partial charge on any atom is -0.481 e. The van der Waals surface area contributed by atoms with Crippen molar-refractivity contribution in [3.05, 3.63) is 35.9 Å². The molecule has 122 valence electrons. The number of pyridine rings is 1. The third-order valence-electron chi connectivity index (χ3n) is 4.34. The van der Waals surface area contributed by atoms with Crippen LogP contribution in [0.15, 0.2) is 24.4 Å². The number of rotatable bonds is 6. The zero-order valence-corrected chi connectivity index (χ0v) is 13.0. The van der Waals surface area contributed by atoms with E-state index >= 15 is 0 Å². The predicted octanol–water partition coefficient (Wildman–Crippen LogP) is 0.567. The first-order valence-corrected chi connectivity index (χ1v) is 7.74. The SMILES string of the molecule is Cc1nnnn1CCCN1CC(C(=O)O)C(c2ccccn2)C1. The van der Waals surface area contributed by atoms with Crippen LogP contribution in [0.4, 0.5) is 0 Å². The molecule has 8 nitrogen and oxygen atoms in total. The van der Waals surface area contributed by atoms with E-state index in [4.69, 9.17) is 0 Å². The highest BCUT2D eigenvalue weighted by molar-refractivity contribution is 5.72. The van der Waals surface area contributed by atoms with Gasteiger partial charge in [-0.2, -0.15) is 0 Å². The first kappa shape index (κ1) is 15.5. The summed E-state index contributed by atoms with van der Waals surface area (Å²) in [5.74, 6) is -0.413. The summed E-state index contributed by atoms with van der Waals surface area (Å²) < 4.78 is 1.76. The molecule has 1 fully saturated rings. The summed E-state index contributed by atoms with van der Waals surface area (Å²) in [6.07, 6.45) is 2.60. The van der Waals surface area contributed by atoms with E-state index in [0.717, 1.165) is 37.6 Å². The number of nitrogens with zero attached hydrogens (tertiary/aromatic N) is 6. The maximum atomic E-state index is 11.6. The number of carbonyl (C=O) groups is 1. The lowest BCUT2D eigenvalue weighted by atomic mass is 9.93. The zero-order valence-electron chi connectivity index (χ0n) is 13.0. The average Bonchev–Trinajstić information content (AvgIpc) is 3.15. The maximum Gasteiger partial charge on any atom is 0.308 e. The molecular weight excluding hydrogens is 296 g/mol. The molecule has 0 aromatic carbocycles. The molecule has 0 aliphatic carbocycles. The Bertz CT molecular complexity index is 659. The standard InChI is InChI=1S/C15H20N6O2/c1-11-17-18-19-21(11)8-4-7-20-9-12(13(10-20)15(22)23)14-5-2-3-6-16-14/h2-3,5-6,12-13H,4,7-10H2,1H3,(H,22,23). The Morgan fingerprint density at radius 3 is 2.87 bits per heavy atom. The van der Waals surface area contributed by atoms with Crippen LogP contribution in [-0.4, -0.2) is 60.8 Å². The van der Waals surface area contributed by atoms with Crippen LogP contribution in [0.3, 0.4) is 0 Å². The van der Waals surface area contributed by atoms with Crippen LogP contribution in [0.1, 0.15) is 23.9 Å². The Morgan fingerprint density at radius 1 is 1.35 bits per heavy atom. The van der Waals surface area contributed by atoms with E-state index in [-0.39, 0.29) is 5.92 Å². The van der Waals surface area contributed by atoms with Crippen molar-refractivity contribution in [3.63, 3.8) is 0 Å². The minimum atomic E-state index is -0.750. The molecule has 0 radical (unpaired) electrons. The van der Waals surface area contributed by atoms with Gasteiger partial charge in [0.15, 0.2) is 0 Å². The van der Waals surface area contributed by atoms with E-state index < -0.39 is 11.9 Å². The molecule has 2 unspecified atom stereocenters. The molecule has 3 heterocycles. The summed E-state index contributed by atoms with van der Waals surface area (Å²) in [4.78, 5) is 18.1. The van der Waals surface area contributed by atoms with E-state index in [1.165, 1.54) is 0 Å². The van der Waals surface area contributed by atoms with Gasteiger partial charge in [-0.05, 0) is 42.4 Å². The van der Waals surface area contributed by atoms with Gasteiger partial charge in [0.05, 0.1) is 5.92 Å². The highest BCUT2D eigenvalue weighted by atomic mass is 16.4. The number of aryl methyl sites for hydroxylation is 2. The largest absolute Gasteiger partial charge is 0.481 e. The van der Waals surface area contributed by atoms with Gasteiger partial charge >= 0.3 is 5.97 Å². The van der Waals surface area contributed by atoms with Gasteiger partial charge in [-0.25, -0.2) is 4.68 Å². The Kier molecular flexibility index (Phi) is 4.61. The number of tetrazole rings is 1. The molecule has 2 atom stereocenters. The Morgan fingerprint density at radius 2 is 2.22 bits per heavy atom. The van der Waals surface area contributed by atoms with Gasteiger partial charge in [0.2, 0.25) is 0 Å². The summed E-state index contributed by atoms with van der Waals surface area (Å²) in [5.41, 5.74) is 0.860. The number of likely N-dealkylation sites (tertiary alicyclic amines) is 1. The molecule has 8 heteroatoms. The summed E-state index contributed by atoms with van der Waals surface area (Å²) in [5, 5.41) is 20.9. The van der Waals surface area contributed by atoms with Gasteiger partial charge in [0, 0.05) is 37.4 Å². The Hall–Kier alpha value is -2.35. The number of hydrogen-bond acceptors (Lipinski definition) is 6. The molecule has 0 bridgehead atoms. The Balaban J connectivity index is 1.59. The smallest absolute Gasteiger partial charge is 0.308 e. The fourth-order valence-electron chi connectivity index (χ4n) is 3.11. The normalized spacial score (nSPS) is 21.6. The van der Waals surface area contributed by atoms with Crippen LogP contribution < -0.4 is 0 Å². The average molecular weight is 316 g/mol. The molecule has 1 N–H and O–H groups in total. The molecule has 0 amide bonds. The number of hydrogen-bond donors (Lipinski definition) is 1. The highest BCUT2D eigenvalue weighted by Crippen LogP contribution is 2.31. The third-order valence-corrected chi connectivity index (χ3v) is 4.34. The number of carboxylic acids is 1. The number of aliphatic carboxylic acids is 1. The molecule has 23 heavy (non-hydrogen) atoms. The fourth-order valence-corrected chi connectivity index (χ4v) is 3.11. The van der Waals surface area contributed by atoms with Gasteiger partial charge in [0.1, 0.15) is 5.82 Å². The fraction of sp³-hybridized carbons (Fsp3) is 0.533. The van der Waals surface area contributed by atoms with Crippen LogP contribution in [0.2, 0.25) is 0 Å². The van der Waals surface area contributed by atoms with Crippen molar-refractivity contribution in [2.24, 2.45) is 5.92 Å². The molecule has 1 aliphatic rings. The Labute approximate surface area is 134 Å². The molecule has 0 spiro atoms. The van der Waals surface area contributed by atoms with E-state index in [1.54, 1.807) is 10.9 Å². The quantitative estimate of drug-likeness (QED) is 0.832. The molecule has 3 rings (SSSR count). The van der Waals surface area contributed by atoms with Gasteiger partial charge in [-0.15, -0.1) is 5.10 Å². The van der Waals surface area contributed by atoms with Crippen molar-refractivity contribution in [1.82, 2.24) is 30.1 Å². The van der Waals surface area contributed by atoms with Crippen LogP contribution in [-0.2, 0) is 11.3 Å². The molecular formula is C15H20N6O2. The van der Waals surface area contributed by atoms with E-state index in [1.807, 2.05) is 25.1 Å². The summed E-state index contributed by atoms with van der Waals surface area (Å²) >= 11 is 0. The zero-order chi connectivity index (χ0) is 16.2. The highest BCUT2D eigenvalue weighted by Gasteiger charge is 2.38. The summed E-state index contributed by atoms with van der Waals surface area (Å²) in [6, 6.07) is 5.67. The van der Waals surface area contributed by atoms with Crippen molar-refractivity contribution >= 4 is 5.97 Å². The van der Waals surface area contributed by atoms with Gasteiger partial charge in [-0.1, -0.05) is 6.07 Å². The lowest BCUT2D eigenvalue weighted by Crippen LogP contribution is -2.25. The topological polar surface area (TPSA) is 97.0 Å². The van der Waals surface area contributed by atoms with E-state index in [0.29, 0.717) is 6.54 Å². The van der Waals surface area contributed by atoms with Crippen molar-refractivity contribution in [1.29, 1.82) is 0 Å². The number of carboxylic acid groups (broad SMARTS) is 1. The van der Waals surface area contributed by atoms with Crippen molar-refractivity contribution in [2.45, 2.75) is 25.8 Å². The van der Waals surface area contributed by atoms with Crippen LogP contribution in [0, 0.1) is 12.8 Å². The first-order chi connectivity index (χ1) is 11.1. The lowest BCUT2D eigenvalue weighted by molar-refractivity contribution is -0.141. The molecule has 0 saturated carbocycles. The van der Waals surface area contributed by atoms with Crippen LogP contribution in [0.25, 0.3) is 0 Å². The lowest BCUT2D eigenvalue weighted by Gasteiger charge is -2.15. The van der Waals surface area contributed by atoms with Crippen LogP contribution in [0.5, 0.6) is 0 Å². The summed E-state index contributed by atoms with van der Waals surface area (Å²) in [6.45, 7) is 4.72. The van der Waals surface area contributed by atoms with Gasteiger partial charge in [0.25, 0.3) is 0 Å². The van der Waals surface area contributed by atoms with Crippen molar-refractivity contribution in [3.8, 4) is 0 Å². The first-order valence-electron chi connectivity index (χ1n) is 7.74. The second-order valence-corrected chi connectivity index (χ2v) is 5.87. The van der Waals surface area contributed by atoms with E-state index in [9.17, 15) is 9.90 Å². The minimum absolute atomic E-state index is 0.0523. The van der Waals surface area contributed by atoms with Crippen LogP contribution >= 0.6 is 0 Å². The van der Waals surface area contributed by atoms with Gasteiger partial charge in [-0.3, -0.25) is 9.78 Å². The molecule has 2 aromatic rings. The maximum absolute atomic E-state index is 11.6.